The van der Waals surface area contributed by atoms with E-state index in [2.05, 4.69) is 10.1 Å². The number of aromatic nitrogens is 3. The molecule has 0 radical (unpaired) electrons. The van der Waals surface area contributed by atoms with E-state index < -0.39 is 0 Å². The molecule has 0 aliphatic rings. The van der Waals surface area contributed by atoms with Crippen molar-refractivity contribution < 1.29 is 9.13 Å². The molecule has 0 unspecified atom stereocenters. The Kier molecular flexibility index (Phi) is 4.41. The summed E-state index contributed by atoms with van der Waals surface area (Å²) in [6, 6.07) is 15.7. The summed E-state index contributed by atoms with van der Waals surface area (Å²) in [5.41, 5.74) is 4.74. The molecule has 2 heterocycles. The van der Waals surface area contributed by atoms with Crippen LogP contribution in [0.5, 0.6) is 0 Å². The molecule has 0 saturated carbocycles. The Bertz CT molecular complexity index is 1080. The van der Waals surface area contributed by atoms with Gasteiger partial charge in [0.1, 0.15) is 5.82 Å². The lowest BCUT2D eigenvalue weighted by Crippen LogP contribution is -1.97. The van der Waals surface area contributed by atoms with Crippen LogP contribution in [0.2, 0.25) is 5.02 Å². The number of rotatable bonds is 4. The summed E-state index contributed by atoms with van der Waals surface area (Å²) < 4.78 is 20.7. The summed E-state index contributed by atoms with van der Waals surface area (Å²) in [6.45, 7) is 0.337. The van der Waals surface area contributed by atoms with E-state index in [1.165, 1.54) is 12.1 Å². The third-order valence-corrected chi connectivity index (χ3v) is 4.38. The number of methoxy groups -OCH3 is 1. The lowest BCUT2D eigenvalue weighted by molar-refractivity contribution is 0.181. The monoisotopic (exact) mass is 367 g/mol. The highest BCUT2D eigenvalue weighted by atomic mass is 35.5. The topological polar surface area (TPSA) is 39.4 Å². The zero-order valence-corrected chi connectivity index (χ0v) is 14.7. The normalized spacial score (nSPS) is 11.2. The van der Waals surface area contributed by atoms with Gasteiger partial charge < -0.3 is 4.74 Å². The Balaban J connectivity index is 1.98. The van der Waals surface area contributed by atoms with Gasteiger partial charge in [0.2, 0.25) is 0 Å². The smallest absolute Gasteiger partial charge is 0.163 e. The van der Waals surface area contributed by atoms with Gasteiger partial charge in [-0.15, -0.1) is 0 Å². The number of ether oxygens (including phenoxy) is 1. The van der Waals surface area contributed by atoms with Gasteiger partial charge in [0.15, 0.2) is 5.65 Å². The molecule has 4 rings (SSSR count). The second-order valence-corrected chi connectivity index (χ2v) is 6.27. The number of hydrogen-bond donors (Lipinski definition) is 0. The van der Waals surface area contributed by atoms with Gasteiger partial charge in [-0.1, -0.05) is 35.9 Å². The number of hydrogen-bond acceptors (Lipinski definition) is 3. The molecule has 2 aromatic carbocycles. The number of nitrogens with zero attached hydrogens (tertiary/aromatic N) is 3. The molecule has 4 aromatic rings. The Morgan fingerprint density at radius 2 is 1.88 bits per heavy atom. The van der Waals surface area contributed by atoms with Crippen LogP contribution in [0.15, 0.2) is 60.8 Å². The summed E-state index contributed by atoms with van der Waals surface area (Å²) in [6.07, 6.45) is 1.70. The van der Waals surface area contributed by atoms with Gasteiger partial charge in [0, 0.05) is 23.9 Å². The molecule has 0 saturated heterocycles. The summed E-state index contributed by atoms with van der Waals surface area (Å²) in [5.74, 6) is -0.297. The van der Waals surface area contributed by atoms with Crippen LogP contribution in [-0.2, 0) is 11.3 Å². The van der Waals surface area contributed by atoms with Gasteiger partial charge in [-0.2, -0.15) is 5.10 Å². The van der Waals surface area contributed by atoms with Crippen LogP contribution < -0.4 is 0 Å². The fourth-order valence-corrected chi connectivity index (χ4v) is 3.13. The fourth-order valence-electron chi connectivity index (χ4n) is 3.01. The Labute approximate surface area is 154 Å². The van der Waals surface area contributed by atoms with Gasteiger partial charge in [-0.3, -0.25) is 0 Å². The highest BCUT2D eigenvalue weighted by Crippen LogP contribution is 2.31. The van der Waals surface area contributed by atoms with Crippen molar-refractivity contribution in [3.8, 4) is 22.4 Å². The molecule has 0 N–H and O–H groups in total. The molecule has 0 atom stereocenters. The molecular weight excluding hydrogens is 353 g/mol. The largest absolute Gasteiger partial charge is 0.378 e. The summed E-state index contributed by atoms with van der Waals surface area (Å²) in [5, 5.41) is 5.34. The minimum Gasteiger partial charge on any atom is -0.378 e. The minimum absolute atomic E-state index is 0.297. The van der Waals surface area contributed by atoms with Crippen molar-refractivity contribution in [1.29, 1.82) is 0 Å². The van der Waals surface area contributed by atoms with E-state index in [0.717, 1.165) is 28.1 Å². The van der Waals surface area contributed by atoms with Crippen molar-refractivity contribution in [3.05, 3.63) is 77.3 Å². The standard InChI is InChI=1S/C20H15ClFN3O/c1-26-12-17-19(13-5-7-15(21)8-6-13)20-23-10-9-18(25(20)24-17)14-3-2-4-16(22)11-14/h2-11H,12H2,1H3. The molecule has 4 nitrogen and oxygen atoms in total. The third-order valence-electron chi connectivity index (χ3n) is 4.13. The van der Waals surface area contributed by atoms with E-state index in [1.807, 2.05) is 36.4 Å². The van der Waals surface area contributed by atoms with Crippen LogP contribution in [0.4, 0.5) is 4.39 Å². The molecule has 26 heavy (non-hydrogen) atoms. The van der Waals surface area contributed by atoms with Gasteiger partial charge >= 0.3 is 0 Å². The Morgan fingerprint density at radius 1 is 1.08 bits per heavy atom. The van der Waals surface area contributed by atoms with Crippen molar-refractivity contribution in [3.63, 3.8) is 0 Å². The summed E-state index contributed by atoms with van der Waals surface area (Å²) in [7, 11) is 1.62. The highest BCUT2D eigenvalue weighted by molar-refractivity contribution is 6.30. The van der Waals surface area contributed by atoms with E-state index >= 15 is 0 Å². The summed E-state index contributed by atoms with van der Waals surface area (Å²) in [4.78, 5) is 4.51. The number of halogens is 2. The zero-order chi connectivity index (χ0) is 18.1. The average Bonchev–Trinajstić information content (AvgIpc) is 3.01. The first-order chi connectivity index (χ1) is 12.7. The first kappa shape index (κ1) is 16.7. The van der Waals surface area contributed by atoms with Crippen LogP contribution >= 0.6 is 11.6 Å². The van der Waals surface area contributed by atoms with Crippen molar-refractivity contribution in [2.75, 3.05) is 7.11 Å². The number of benzene rings is 2. The molecule has 0 amide bonds. The quantitative estimate of drug-likeness (QED) is 0.509. The van der Waals surface area contributed by atoms with Crippen LogP contribution in [0.3, 0.4) is 0 Å². The van der Waals surface area contributed by atoms with Gasteiger partial charge in [0.05, 0.1) is 23.6 Å². The lowest BCUT2D eigenvalue weighted by Gasteiger charge is -2.05. The lowest BCUT2D eigenvalue weighted by atomic mass is 10.1. The molecule has 0 bridgehead atoms. The second-order valence-electron chi connectivity index (χ2n) is 5.84. The predicted octanol–water partition coefficient (Wildman–Crippen LogP) is 5.00. The van der Waals surface area contributed by atoms with E-state index in [-0.39, 0.29) is 5.82 Å². The molecule has 0 spiro atoms. The van der Waals surface area contributed by atoms with Crippen molar-refractivity contribution in [1.82, 2.24) is 14.6 Å². The maximum absolute atomic E-state index is 13.7. The van der Waals surface area contributed by atoms with Crippen LogP contribution in [0, 0.1) is 5.82 Å². The third kappa shape index (κ3) is 2.96. The van der Waals surface area contributed by atoms with Crippen molar-refractivity contribution >= 4 is 17.2 Å². The Morgan fingerprint density at radius 3 is 2.62 bits per heavy atom. The SMILES string of the molecule is COCc1nn2c(-c3cccc(F)c3)ccnc2c1-c1ccc(Cl)cc1. The van der Waals surface area contributed by atoms with Crippen molar-refractivity contribution in [2.45, 2.75) is 6.61 Å². The van der Waals surface area contributed by atoms with E-state index in [9.17, 15) is 4.39 Å². The van der Waals surface area contributed by atoms with Crippen molar-refractivity contribution in [2.24, 2.45) is 0 Å². The molecule has 0 aliphatic carbocycles. The maximum Gasteiger partial charge on any atom is 0.163 e. The first-order valence-corrected chi connectivity index (χ1v) is 8.42. The zero-order valence-electron chi connectivity index (χ0n) is 14.0. The van der Waals surface area contributed by atoms with Gasteiger partial charge in [-0.25, -0.2) is 13.9 Å². The van der Waals surface area contributed by atoms with Crippen LogP contribution in [0.1, 0.15) is 5.69 Å². The molecule has 6 heteroatoms. The van der Waals surface area contributed by atoms with Gasteiger partial charge in [-0.05, 0) is 35.9 Å². The molecule has 2 aromatic heterocycles. The maximum atomic E-state index is 13.7. The summed E-state index contributed by atoms with van der Waals surface area (Å²) >= 11 is 6.02. The minimum atomic E-state index is -0.297. The first-order valence-electron chi connectivity index (χ1n) is 8.05. The average molecular weight is 368 g/mol. The molecular formula is C20H15ClFN3O. The van der Waals surface area contributed by atoms with Crippen LogP contribution in [-0.4, -0.2) is 21.7 Å². The van der Waals surface area contributed by atoms with Crippen LogP contribution in [0.25, 0.3) is 28.0 Å². The highest BCUT2D eigenvalue weighted by Gasteiger charge is 2.18. The molecule has 0 aliphatic heterocycles. The van der Waals surface area contributed by atoms with E-state index in [4.69, 9.17) is 16.3 Å². The second kappa shape index (κ2) is 6.86. The predicted molar refractivity (Wildman–Crippen MR) is 99.5 cm³/mol. The van der Waals surface area contributed by atoms with Gasteiger partial charge in [0.25, 0.3) is 0 Å². The van der Waals surface area contributed by atoms with E-state index in [1.54, 1.807) is 23.9 Å². The number of fused-ring (bicyclic) bond motifs is 1. The Hall–Kier alpha value is -2.76. The van der Waals surface area contributed by atoms with E-state index in [0.29, 0.717) is 17.3 Å². The fraction of sp³-hybridized carbons (Fsp3) is 0.100. The molecule has 130 valence electrons. The molecule has 0 fully saturated rings.